The normalized spacial score (nSPS) is 14.7. The van der Waals surface area contributed by atoms with E-state index in [2.05, 4.69) is 38.0 Å². The zero-order valence-electron chi connectivity index (χ0n) is 9.64. The highest BCUT2D eigenvalue weighted by molar-refractivity contribution is 9.10. The van der Waals surface area contributed by atoms with Crippen LogP contribution in [0.3, 0.4) is 0 Å². The molecule has 0 unspecified atom stereocenters. The van der Waals surface area contributed by atoms with E-state index in [1.165, 1.54) is 12.8 Å². The minimum Gasteiger partial charge on any atom is -0.384 e. The lowest BCUT2D eigenvalue weighted by Gasteiger charge is -2.05. The van der Waals surface area contributed by atoms with E-state index in [0.717, 1.165) is 20.2 Å². The Labute approximate surface area is 118 Å². The van der Waals surface area contributed by atoms with Gasteiger partial charge in [-0.05, 0) is 31.0 Å². The number of nitrogen functional groups attached to an aromatic ring is 1. The Balaban J connectivity index is 1.87. The number of hydrogen-bond acceptors (Lipinski definition) is 4. The first-order chi connectivity index (χ1) is 8.70. The zero-order chi connectivity index (χ0) is 12.5. The van der Waals surface area contributed by atoms with E-state index in [1.807, 2.05) is 18.2 Å². The summed E-state index contributed by atoms with van der Waals surface area (Å²) in [6.07, 6.45) is 2.37. The maximum atomic E-state index is 5.83. The summed E-state index contributed by atoms with van der Waals surface area (Å²) in [6.45, 7) is 0. The lowest BCUT2D eigenvalue weighted by Crippen LogP contribution is -1.99. The third kappa shape index (κ3) is 2.84. The molecule has 5 heteroatoms. The smallest absolute Gasteiger partial charge is 0.135 e. The fraction of sp³-hybridized carbons (Fsp3) is 0.231. The number of nitrogens with zero attached hydrogens (tertiary/aromatic N) is 2. The molecule has 0 saturated heterocycles. The molecule has 1 aromatic heterocycles. The van der Waals surface area contributed by atoms with Crippen LogP contribution in [-0.2, 0) is 0 Å². The lowest BCUT2D eigenvalue weighted by atomic mass is 10.4. The van der Waals surface area contributed by atoms with Gasteiger partial charge in [0, 0.05) is 21.4 Å². The van der Waals surface area contributed by atoms with Crippen molar-refractivity contribution < 1.29 is 0 Å². The first kappa shape index (κ1) is 12.0. The Morgan fingerprint density at radius 1 is 1.22 bits per heavy atom. The summed E-state index contributed by atoms with van der Waals surface area (Å²) in [7, 11) is 0. The van der Waals surface area contributed by atoms with Gasteiger partial charge in [-0.15, -0.1) is 0 Å². The number of rotatable bonds is 3. The highest BCUT2D eigenvalue weighted by Gasteiger charge is 2.27. The van der Waals surface area contributed by atoms with Crippen molar-refractivity contribution in [2.45, 2.75) is 28.7 Å². The summed E-state index contributed by atoms with van der Waals surface area (Å²) in [5.41, 5.74) is 5.83. The summed E-state index contributed by atoms with van der Waals surface area (Å²) >= 11 is 5.08. The standard InChI is InChI=1S/C13H12BrN3S/c14-9-2-1-3-10(6-9)18-12-7-11(15)16-13(17-12)8-4-5-8/h1-3,6-8H,4-5H2,(H2,15,16,17). The summed E-state index contributed by atoms with van der Waals surface area (Å²) in [4.78, 5) is 10.0. The minimum absolute atomic E-state index is 0.523. The van der Waals surface area contributed by atoms with Crippen molar-refractivity contribution in [2.24, 2.45) is 0 Å². The van der Waals surface area contributed by atoms with Gasteiger partial charge < -0.3 is 5.73 Å². The Bertz CT molecular complexity index is 584. The van der Waals surface area contributed by atoms with Gasteiger partial charge in [0.1, 0.15) is 16.7 Å². The molecule has 1 saturated carbocycles. The second-order valence-corrected chi connectivity index (χ2v) is 6.33. The van der Waals surface area contributed by atoms with Gasteiger partial charge in [0.25, 0.3) is 0 Å². The molecule has 3 nitrogen and oxygen atoms in total. The van der Waals surface area contributed by atoms with Crippen LogP contribution >= 0.6 is 27.7 Å². The van der Waals surface area contributed by atoms with Gasteiger partial charge >= 0.3 is 0 Å². The second kappa shape index (κ2) is 4.90. The Kier molecular flexibility index (Phi) is 3.26. The molecular formula is C13H12BrN3S. The van der Waals surface area contributed by atoms with Crippen LogP contribution in [0.5, 0.6) is 0 Å². The molecule has 3 rings (SSSR count). The fourth-order valence-electron chi connectivity index (χ4n) is 1.69. The minimum atomic E-state index is 0.523. The Morgan fingerprint density at radius 2 is 2.06 bits per heavy atom. The predicted molar refractivity (Wildman–Crippen MR) is 76.7 cm³/mol. The van der Waals surface area contributed by atoms with Crippen LogP contribution in [0.1, 0.15) is 24.6 Å². The van der Waals surface area contributed by atoms with Crippen molar-refractivity contribution in [3.63, 3.8) is 0 Å². The van der Waals surface area contributed by atoms with Crippen LogP contribution in [0.4, 0.5) is 5.82 Å². The molecule has 1 fully saturated rings. The molecule has 1 aromatic carbocycles. The molecule has 2 N–H and O–H groups in total. The summed E-state index contributed by atoms with van der Waals surface area (Å²) < 4.78 is 1.07. The highest BCUT2D eigenvalue weighted by atomic mass is 79.9. The molecule has 18 heavy (non-hydrogen) atoms. The first-order valence-corrected chi connectivity index (χ1v) is 7.39. The van der Waals surface area contributed by atoms with Crippen LogP contribution in [0, 0.1) is 0 Å². The maximum absolute atomic E-state index is 5.83. The van der Waals surface area contributed by atoms with Crippen molar-refractivity contribution in [2.75, 3.05) is 5.73 Å². The van der Waals surface area contributed by atoms with Crippen LogP contribution in [0.25, 0.3) is 0 Å². The SMILES string of the molecule is Nc1cc(Sc2cccc(Br)c2)nc(C2CC2)n1. The molecule has 0 spiro atoms. The van der Waals surface area contributed by atoms with Crippen LogP contribution in [0.15, 0.2) is 44.7 Å². The Hall–Kier alpha value is -1.07. The van der Waals surface area contributed by atoms with E-state index >= 15 is 0 Å². The number of halogens is 1. The first-order valence-electron chi connectivity index (χ1n) is 5.78. The van der Waals surface area contributed by atoms with Gasteiger partial charge in [0.15, 0.2) is 0 Å². The number of hydrogen-bond donors (Lipinski definition) is 1. The highest BCUT2D eigenvalue weighted by Crippen LogP contribution is 2.39. The quantitative estimate of drug-likeness (QED) is 0.872. The number of anilines is 1. The van der Waals surface area contributed by atoms with E-state index in [1.54, 1.807) is 11.8 Å². The summed E-state index contributed by atoms with van der Waals surface area (Å²) in [5.74, 6) is 1.98. The number of nitrogens with two attached hydrogens (primary N) is 1. The van der Waals surface area contributed by atoms with Crippen molar-refractivity contribution in [3.05, 3.63) is 40.6 Å². The second-order valence-electron chi connectivity index (χ2n) is 4.32. The van der Waals surface area contributed by atoms with Gasteiger partial charge in [0.05, 0.1) is 0 Å². The van der Waals surface area contributed by atoms with E-state index in [-0.39, 0.29) is 0 Å². The van der Waals surface area contributed by atoms with E-state index in [0.29, 0.717) is 11.7 Å². The maximum Gasteiger partial charge on any atom is 0.135 e. The summed E-state index contributed by atoms with van der Waals surface area (Å²) in [6, 6.07) is 9.98. The molecule has 1 heterocycles. The van der Waals surface area contributed by atoms with Gasteiger partial charge in [0.2, 0.25) is 0 Å². The largest absolute Gasteiger partial charge is 0.384 e. The molecule has 0 aliphatic heterocycles. The molecule has 0 amide bonds. The molecular weight excluding hydrogens is 310 g/mol. The lowest BCUT2D eigenvalue weighted by molar-refractivity contribution is 0.884. The fourth-order valence-corrected chi connectivity index (χ4v) is 3.13. The molecule has 92 valence electrons. The van der Waals surface area contributed by atoms with Crippen molar-refractivity contribution in [1.82, 2.24) is 9.97 Å². The van der Waals surface area contributed by atoms with Crippen LogP contribution < -0.4 is 5.73 Å². The average Bonchev–Trinajstić information content (AvgIpc) is 3.11. The van der Waals surface area contributed by atoms with Crippen molar-refractivity contribution >= 4 is 33.5 Å². The van der Waals surface area contributed by atoms with E-state index in [9.17, 15) is 0 Å². The predicted octanol–water partition coefficient (Wildman–Crippen LogP) is 3.85. The summed E-state index contributed by atoms with van der Waals surface area (Å²) in [5, 5.41) is 0.919. The number of benzene rings is 1. The molecule has 0 bridgehead atoms. The number of aromatic nitrogens is 2. The van der Waals surface area contributed by atoms with E-state index in [4.69, 9.17) is 5.73 Å². The average molecular weight is 322 g/mol. The van der Waals surface area contributed by atoms with Crippen LogP contribution in [-0.4, -0.2) is 9.97 Å². The van der Waals surface area contributed by atoms with E-state index < -0.39 is 0 Å². The van der Waals surface area contributed by atoms with Crippen molar-refractivity contribution in [1.29, 1.82) is 0 Å². The molecule has 0 radical (unpaired) electrons. The van der Waals surface area contributed by atoms with Gasteiger partial charge in [-0.2, -0.15) is 0 Å². The zero-order valence-corrected chi connectivity index (χ0v) is 12.0. The topological polar surface area (TPSA) is 51.8 Å². The van der Waals surface area contributed by atoms with Crippen LogP contribution in [0.2, 0.25) is 0 Å². The molecule has 2 aromatic rings. The van der Waals surface area contributed by atoms with Crippen molar-refractivity contribution in [3.8, 4) is 0 Å². The molecule has 1 aliphatic rings. The third-order valence-corrected chi connectivity index (χ3v) is 4.10. The van der Waals surface area contributed by atoms with Gasteiger partial charge in [-0.25, -0.2) is 9.97 Å². The van der Waals surface area contributed by atoms with Gasteiger partial charge in [-0.1, -0.05) is 33.8 Å². The monoisotopic (exact) mass is 321 g/mol. The molecule has 0 atom stereocenters. The molecule has 1 aliphatic carbocycles. The van der Waals surface area contributed by atoms with Gasteiger partial charge in [-0.3, -0.25) is 0 Å². The third-order valence-electron chi connectivity index (χ3n) is 2.70. The Morgan fingerprint density at radius 3 is 2.78 bits per heavy atom.